The standard InChI is InChI=1S/C14H29N3/c1-12(2)15-10-13(3)11-17-8-6-14(7-9-17)16(4)5/h12,14-15H,3,6-11H2,1-2,4-5H3. The SMILES string of the molecule is C=C(CNC(C)C)CN1CCC(N(C)C)CC1. The predicted molar refractivity (Wildman–Crippen MR) is 75.4 cm³/mol. The van der Waals surface area contributed by atoms with Gasteiger partial charge in [0, 0.05) is 25.2 Å². The van der Waals surface area contributed by atoms with Crippen LogP contribution in [0.1, 0.15) is 26.7 Å². The second-order valence-corrected chi connectivity index (χ2v) is 5.76. The van der Waals surface area contributed by atoms with Crippen LogP contribution in [0.15, 0.2) is 12.2 Å². The topological polar surface area (TPSA) is 18.5 Å². The first-order chi connectivity index (χ1) is 7.99. The summed E-state index contributed by atoms with van der Waals surface area (Å²) in [5.41, 5.74) is 1.31. The number of rotatable bonds is 6. The van der Waals surface area contributed by atoms with E-state index in [1.807, 2.05) is 0 Å². The molecule has 3 nitrogen and oxygen atoms in total. The largest absolute Gasteiger partial charge is 0.311 e. The molecular weight excluding hydrogens is 210 g/mol. The van der Waals surface area contributed by atoms with Gasteiger partial charge in [0.05, 0.1) is 0 Å². The summed E-state index contributed by atoms with van der Waals surface area (Å²) in [6.45, 7) is 12.9. The van der Waals surface area contributed by atoms with Crippen LogP contribution >= 0.6 is 0 Å². The number of nitrogens with one attached hydrogen (secondary N) is 1. The van der Waals surface area contributed by atoms with Crippen molar-refractivity contribution in [3.05, 3.63) is 12.2 Å². The van der Waals surface area contributed by atoms with Crippen molar-refractivity contribution in [2.75, 3.05) is 40.3 Å². The van der Waals surface area contributed by atoms with E-state index in [1.165, 1.54) is 31.5 Å². The van der Waals surface area contributed by atoms with Crippen LogP contribution in [0.5, 0.6) is 0 Å². The molecule has 1 aliphatic heterocycles. The molecule has 17 heavy (non-hydrogen) atoms. The zero-order chi connectivity index (χ0) is 12.8. The molecule has 0 atom stereocenters. The van der Waals surface area contributed by atoms with E-state index in [9.17, 15) is 0 Å². The minimum atomic E-state index is 0.547. The van der Waals surface area contributed by atoms with E-state index in [0.717, 1.165) is 19.1 Å². The van der Waals surface area contributed by atoms with Gasteiger partial charge in [0.25, 0.3) is 0 Å². The van der Waals surface area contributed by atoms with Gasteiger partial charge < -0.3 is 10.2 Å². The summed E-state index contributed by atoms with van der Waals surface area (Å²) in [6.07, 6.45) is 2.58. The number of likely N-dealkylation sites (tertiary alicyclic amines) is 1. The Kier molecular flexibility index (Phi) is 6.17. The van der Waals surface area contributed by atoms with Crippen molar-refractivity contribution in [2.45, 2.75) is 38.8 Å². The summed E-state index contributed by atoms with van der Waals surface area (Å²) in [6, 6.07) is 1.32. The second kappa shape index (κ2) is 7.14. The quantitative estimate of drug-likeness (QED) is 0.710. The van der Waals surface area contributed by atoms with E-state index < -0.39 is 0 Å². The molecule has 0 aromatic rings. The van der Waals surface area contributed by atoms with Gasteiger partial charge in [-0.15, -0.1) is 0 Å². The molecule has 0 bridgehead atoms. The lowest BCUT2D eigenvalue weighted by Gasteiger charge is -2.35. The van der Waals surface area contributed by atoms with Crippen molar-refractivity contribution in [3.8, 4) is 0 Å². The molecule has 0 radical (unpaired) electrons. The Morgan fingerprint density at radius 2 is 1.94 bits per heavy atom. The van der Waals surface area contributed by atoms with Crippen LogP contribution in [0.3, 0.4) is 0 Å². The van der Waals surface area contributed by atoms with E-state index in [-0.39, 0.29) is 0 Å². The van der Waals surface area contributed by atoms with Gasteiger partial charge in [0.2, 0.25) is 0 Å². The lowest BCUT2D eigenvalue weighted by molar-refractivity contribution is 0.152. The third kappa shape index (κ3) is 5.66. The molecule has 0 unspecified atom stereocenters. The maximum atomic E-state index is 4.16. The minimum Gasteiger partial charge on any atom is -0.311 e. The molecule has 1 aliphatic rings. The zero-order valence-corrected chi connectivity index (χ0v) is 12.0. The molecule has 0 aromatic carbocycles. The molecule has 100 valence electrons. The summed E-state index contributed by atoms with van der Waals surface area (Å²) in [4.78, 5) is 4.89. The van der Waals surface area contributed by atoms with Gasteiger partial charge in [-0.25, -0.2) is 0 Å². The average molecular weight is 239 g/mol. The fourth-order valence-corrected chi connectivity index (χ4v) is 2.31. The Bertz CT molecular complexity index is 228. The molecule has 3 heteroatoms. The molecule has 1 saturated heterocycles. The highest BCUT2D eigenvalue weighted by Gasteiger charge is 2.20. The third-order valence-corrected chi connectivity index (χ3v) is 3.49. The van der Waals surface area contributed by atoms with Crippen LogP contribution in [0.25, 0.3) is 0 Å². The maximum absolute atomic E-state index is 4.16. The Morgan fingerprint density at radius 1 is 1.35 bits per heavy atom. The molecule has 1 heterocycles. The normalized spacial score (nSPS) is 19.2. The van der Waals surface area contributed by atoms with Crippen LogP contribution in [0.4, 0.5) is 0 Å². The molecular formula is C14H29N3. The number of nitrogens with zero attached hydrogens (tertiary/aromatic N) is 2. The molecule has 0 spiro atoms. The number of piperidine rings is 1. The van der Waals surface area contributed by atoms with Crippen LogP contribution in [0, 0.1) is 0 Å². The molecule has 0 aliphatic carbocycles. The van der Waals surface area contributed by atoms with Crippen LogP contribution in [0.2, 0.25) is 0 Å². The van der Waals surface area contributed by atoms with Crippen LogP contribution < -0.4 is 5.32 Å². The van der Waals surface area contributed by atoms with Gasteiger partial charge in [-0.05, 0) is 45.6 Å². The summed E-state index contributed by atoms with van der Waals surface area (Å²) in [7, 11) is 4.37. The molecule has 1 fully saturated rings. The first-order valence-corrected chi connectivity index (χ1v) is 6.78. The van der Waals surface area contributed by atoms with Crippen molar-refractivity contribution in [2.24, 2.45) is 0 Å². The van der Waals surface area contributed by atoms with E-state index >= 15 is 0 Å². The summed E-state index contributed by atoms with van der Waals surface area (Å²) >= 11 is 0. The van der Waals surface area contributed by atoms with Crippen molar-refractivity contribution < 1.29 is 0 Å². The van der Waals surface area contributed by atoms with Crippen molar-refractivity contribution in [1.82, 2.24) is 15.1 Å². The molecule has 1 rings (SSSR count). The van der Waals surface area contributed by atoms with E-state index in [1.54, 1.807) is 0 Å². The van der Waals surface area contributed by atoms with Crippen molar-refractivity contribution in [1.29, 1.82) is 0 Å². The summed E-state index contributed by atoms with van der Waals surface area (Å²) < 4.78 is 0. The van der Waals surface area contributed by atoms with Crippen LogP contribution in [-0.2, 0) is 0 Å². The highest BCUT2D eigenvalue weighted by Crippen LogP contribution is 2.14. The molecule has 0 aromatic heterocycles. The Morgan fingerprint density at radius 3 is 2.41 bits per heavy atom. The average Bonchev–Trinajstić information content (AvgIpc) is 2.27. The van der Waals surface area contributed by atoms with Gasteiger partial charge in [0.1, 0.15) is 0 Å². The summed E-state index contributed by atoms with van der Waals surface area (Å²) in [5.74, 6) is 0. The highest BCUT2D eigenvalue weighted by atomic mass is 15.2. The summed E-state index contributed by atoms with van der Waals surface area (Å²) in [5, 5.41) is 3.43. The third-order valence-electron chi connectivity index (χ3n) is 3.49. The van der Waals surface area contributed by atoms with Gasteiger partial charge in [-0.3, -0.25) is 4.90 Å². The zero-order valence-electron chi connectivity index (χ0n) is 12.0. The van der Waals surface area contributed by atoms with E-state index in [4.69, 9.17) is 0 Å². The predicted octanol–water partition coefficient (Wildman–Crippen LogP) is 1.57. The Hall–Kier alpha value is -0.380. The number of hydrogen-bond donors (Lipinski definition) is 1. The lowest BCUT2D eigenvalue weighted by atomic mass is 10.0. The second-order valence-electron chi connectivity index (χ2n) is 5.76. The smallest absolute Gasteiger partial charge is 0.0202 e. The Balaban J connectivity index is 2.19. The first kappa shape index (κ1) is 14.7. The first-order valence-electron chi connectivity index (χ1n) is 6.78. The molecule has 1 N–H and O–H groups in total. The lowest BCUT2D eigenvalue weighted by Crippen LogP contribution is -2.43. The van der Waals surface area contributed by atoms with Crippen molar-refractivity contribution in [3.63, 3.8) is 0 Å². The van der Waals surface area contributed by atoms with Gasteiger partial charge in [-0.1, -0.05) is 20.4 Å². The van der Waals surface area contributed by atoms with E-state index in [2.05, 4.69) is 49.6 Å². The van der Waals surface area contributed by atoms with Crippen molar-refractivity contribution >= 4 is 0 Å². The van der Waals surface area contributed by atoms with Gasteiger partial charge in [-0.2, -0.15) is 0 Å². The Labute approximate surface area is 107 Å². The monoisotopic (exact) mass is 239 g/mol. The fourth-order valence-electron chi connectivity index (χ4n) is 2.31. The number of hydrogen-bond acceptors (Lipinski definition) is 3. The molecule has 0 saturated carbocycles. The van der Waals surface area contributed by atoms with E-state index in [0.29, 0.717) is 6.04 Å². The van der Waals surface area contributed by atoms with Gasteiger partial charge in [0.15, 0.2) is 0 Å². The molecule has 0 amide bonds. The van der Waals surface area contributed by atoms with Crippen LogP contribution in [-0.4, -0.2) is 62.2 Å². The highest BCUT2D eigenvalue weighted by molar-refractivity contribution is 5.00. The minimum absolute atomic E-state index is 0.547. The van der Waals surface area contributed by atoms with Gasteiger partial charge >= 0.3 is 0 Å². The fraction of sp³-hybridized carbons (Fsp3) is 0.857. The maximum Gasteiger partial charge on any atom is 0.0202 e.